The van der Waals surface area contributed by atoms with E-state index in [-0.39, 0.29) is 0 Å². The molecule has 0 aliphatic heterocycles. The second-order valence-electron chi connectivity index (χ2n) is 3.79. The molecule has 1 N–H and O–H groups in total. The van der Waals surface area contributed by atoms with Crippen LogP contribution in [0.4, 0.5) is 5.95 Å². The van der Waals surface area contributed by atoms with Crippen LogP contribution in [0.1, 0.15) is 5.01 Å². The molecule has 0 saturated heterocycles. The van der Waals surface area contributed by atoms with E-state index >= 15 is 0 Å². The number of aromatic nitrogens is 4. The second kappa shape index (κ2) is 5.53. The quantitative estimate of drug-likeness (QED) is 0.788. The van der Waals surface area contributed by atoms with Gasteiger partial charge in [-0.1, -0.05) is 41.7 Å². The summed E-state index contributed by atoms with van der Waals surface area (Å²) in [4.78, 5) is 8.19. The van der Waals surface area contributed by atoms with E-state index in [0.717, 1.165) is 15.6 Å². The minimum absolute atomic E-state index is 0.578. The molecule has 6 heteroatoms. The minimum Gasteiger partial charge on any atom is -0.348 e. The highest BCUT2D eigenvalue weighted by molar-refractivity contribution is 7.14. The third-order valence-corrected chi connectivity index (χ3v) is 3.42. The molecule has 3 rings (SSSR count). The van der Waals surface area contributed by atoms with Gasteiger partial charge in [0.25, 0.3) is 0 Å². The number of benzene rings is 1. The van der Waals surface area contributed by atoms with Gasteiger partial charge < -0.3 is 5.32 Å². The Hall–Kier alpha value is -2.34. The van der Waals surface area contributed by atoms with Gasteiger partial charge in [-0.05, 0) is 6.07 Å². The zero-order valence-electron chi connectivity index (χ0n) is 10.0. The highest BCUT2D eigenvalue weighted by atomic mass is 32.1. The summed E-state index contributed by atoms with van der Waals surface area (Å²) in [6.07, 6.45) is 3.40. The summed E-state index contributed by atoms with van der Waals surface area (Å²) in [6, 6.07) is 11.8. The Labute approximate surface area is 114 Å². The van der Waals surface area contributed by atoms with Crippen molar-refractivity contribution in [2.75, 3.05) is 5.32 Å². The fraction of sp³-hybridized carbons (Fsp3) is 0.0769. The Morgan fingerprint density at radius 3 is 2.53 bits per heavy atom. The topological polar surface area (TPSA) is 63.6 Å². The van der Waals surface area contributed by atoms with Gasteiger partial charge in [0.1, 0.15) is 10.0 Å². The van der Waals surface area contributed by atoms with E-state index in [4.69, 9.17) is 0 Å². The van der Waals surface area contributed by atoms with E-state index in [1.54, 1.807) is 29.8 Å². The van der Waals surface area contributed by atoms with Crippen LogP contribution in [0.25, 0.3) is 10.6 Å². The van der Waals surface area contributed by atoms with E-state index in [0.29, 0.717) is 12.5 Å². The Bertz CT molecular complexity index is 638. The molecule has 0 spiro atoms. The van der Waals surface area contributed by atoms with E-state index < -0.39 is 0 Å². The lowest BCUT2D eigenvalue weighted by Gasteiger charge is -1.99. The van der Waals surface area contributed by atoms with Crippen LogP contribution in [-0.2, 0) is 6.54 Å². The molecule has 0 radical (unpaired) electrons. The lowest BCUT2D eigenvalue weighted by molar-refractivity contribution is 0.972. The Morgan fingerprint density at radius 2 is 1.74 bits per heavy atom. The zero-order chi connectivity index (χ0) is 12.9. The van der Waals surface area contributed by atoms with Crippen molar-refractivity contribution in [2.24, 2.45) is 0 Å². The van der Waals surface area contributed by atoms with Crippen LogP contribution in [0.2, 0.25) is 0 Å². The summed E-state index contributed by atoms with van der Waals surface area (Å²) in [5.41, 5.74) is 1.09. The largest absolute Gasteiger partial charge is 0.348 e. The van der Waals surface area contributed by atoms with Crippen molar-refractivity contribution < 1.29 is 0 Å². The molecule has 2 heterocycles. The fourth-order valence-electron chi connectivity index (χ4n) is 1.57. The first-order valence-corrected chi connectivity index (χ1v) is 6.62. The molecule has 0 saturated carbocycles. The van der Waals surface area contributed by atoms with Gasteiger partial charge in [0, 0.05) is 18.0 Å². The van der Waals surface area contributed by atoms with Gasteiger partial charge in [-0.2, -0.15) is 0 Å². The van der Waals surface area contributed by atoms with E-state index in [9.17, 15) is 0 Å². The number of rotatable bonds is 4. The lowest BCUT2D eigenvalue weighted by Crippen LogP contribution is -2.02. The number of nitrogens with zero attached hydrogens (tertiary/aromatic N) is 4. The number of hydrogen-bond acceptors (Lipinski definition) is 6. The van der Waals surface area contributed by atoms with Gasteiger partial charge in [0.15, 0.2) is 0 Å². The standard InChI is InChI=1S/C13H11N5S/c1-2-5-10(6-3-1)12-18-17-11(19-12)9-16-13-14-7-4-8-15-13/h1-8H,9H2,(H,14,15,16). The molecule has 0 fully saturated rings. The third kappa shape index (κ3) is 2.92. The summed E-state index contributed by atoms with van der Waals surface area (Å²) in [6.45, 7) is 0.578. The average molecular weight is 269 g/mol. The number of hydrogen-bond donors (Lipinski definition) is 1. The summed E-state index contributed by atoms with van der Waals surface area (Å²) in [5, 5.41) is 13.3. The molecule has 0 unspecified atom stereocenters. The van der Waals surface area contributed by atoms with Crippen molar-refractivity contribution >= 4 is 17.3 Å². The van der Waals surface area contributed by atoms with Crippen molar-refractivity contribution in [3.63, 3.8) is 0 Å². The van der Waals surface area contributed by atoms with Gasteiger partial charge >= 0.3 is 0 Å². The molecule has 94 valence electrons. The molecule has 2 aromatic heterocycles. The molecular weight excluding hydrogens is 258 g/mol. The van der Waals surface area contributed by atoms with Crippen molar-refractivity contribution in [1.29, 1.82) is 0 Å². The molecule has 0 bridgehead atoms. The number of anilines is 1. The predicted octanol–water partition coefficient (Wildman–Crippen LogP) is 2.61. The highest BCUT2D eigenvalue weighted by Gasteiger charge is 2.06. The van der Waals surface area contributed by atoms with Crippen LogP contribution >= 0.6 is 11.3 Å². The van der Waals surface area contributed by atoms with Crippen molar-refractivity contribution in [2.45, 2.75) is 6.54 Å². The molecule has 0 atom stereocenters. The van der Waals surface area contributed by atoms with Crippen LogP contribution in [0.3, 0.4) is 0 Å². The van der Waals surface area contributed by atoms with Gasteiger partial charge in [0.05, 0.1) is 6.54 Å². The first-order chi connectivity index (χ1) is 9.42. The SMILES string of the molecule is c1ccc(-c2nnc(CNc3ncccn3)s2)cc1. The number of nitrogens with one attached hydrogen (secondary N) is 1. The monoisotopic (exact) mass is 269 g/mol. The first kappa shape index (κ1) is 11.7. The van der Waals surface area contributed by atoms with E-state index in [1.807, 2.05) is 30.3 Å². The molecule has 19 heavy (non-hydrogen) atoms. The Morgan fingerprint density at radius 1 is 0.947 bits per heavy atom. The lowest BCUT2D eigenvalue weighted by atomic mass is 10.2. The summed E-state index contributed by atoms with van der Waals surface area (Å²) in [7, 11) is 0. The van der Waals surface area contributed by atoms with Gasteiger partial charge in [-0.25, -0.2) is 9.97 Å². The van der Waals surface area contributed by atoms with Crippen LogP contribution in [0.5, 0.6) is 0 Å². The van der Waals surface area contributed by atoms with Gasteiger partial charge in [-0.3, -0.25) is 0 Å². The molecular formula is C13H11N5S. The van der Waals surface area contributed by atoms with Crippen LogP contribution < -0.4 is 5.32 Å². The second-order valence-corrected chi connectivity index (χ2v) is 4.86. The smallest absolute Gasteiger partial charge is 0.222 e. The molecule has 0 amide bonds. The van der Waals surface area contributed by atoms with Crippen molar-refractivity contribution in [3.05, 3.63) is 53.8 Å². The van der Waals surface area contributed by atoms with E-state index in [2.05, 4.69) is 25.5 Å². The molecule has 5 nitrogen and oxygen atoms in total. The normalized spacial score (nSPS) is 10.3. The summed E-state index contributed by atoms with van der Waals surface area (Å²) < 4.78 is 0. The van der Waals surface area contributed by atoms with Crippen LogP contribution in [0.15, 0.2) is 48.8 Å². The average Bonchev–Trinajstić information content (AvgIpc) is 2.96. The first-order valence-electron chi connectivity index (χ1n) is 5.80. The Kier molecular flexibility index (Phi) is 3.42. The van der Waals surface area contributed by atoms with Gasteiger partial charge in [-0.15, -0.1) is 10.2 Å². The molecule has 0 aliphatic rings. The maximum atomic E-state index is 4.19. The van der Waals surface area contributed by atoms with E-state index in [1.165, 1.54) is 0 Å². The summed E-state index contributed by atoms with van der Waals surface area (Å²) >= 11 is 1.56. The highest BCUT2D eigenvalue weighted by Crippen LogP contribution is 2.23. The van der Waals surface area contributed by atoms with Crippen LogP contribution in [0, 0.1) is 0 Å². The third-order valence-electron chi connectivity index (χ3n) is 2.45. The molecule has 0 aliphatic carbocycles. The minimum atomic E-state index is 0.578. The summed E-state index contributed by atoms with van der Waals surface area (Å²) in [5.74, 6) is 0.596. The van der Waals surface area contributed by atoms with Crippen LogP contribution in [-0.4, -0.2) is 20.2 Å². The zero-order valence-corrected chi connectivity index (χ0v) is 10.8. The van der Waals surface area contributed by atoms with Gasteiger partial charge in [0.2, 0.25) is 5.95 Å². The Balaban J connectivity index is 1.69. The predicted molar refractivity (Wildman–Crippen MR) is 74.7 cm³/mol. The van der Waals surface area contributed by atoms with Crippen molar-refractivity contribution in [3.8, 4) is 10.6 Å². The maximum absolute atomic E-state index is 4.19. The molecule has 1 aromatic carbocycles. The maximum Gasteiger partial charge on any atom is 0.222 e. The van der Waals surface area contributed by atoms with Crippen molar-refractivity contribution in [1.82, 2.24) is 20.2 Å². The molecule has 3 aromatic rings. The fourth-order valence-corrected chi connectivity index (χ4v) is 2.35.